The summed E-state index contributed by atoms with van der Waals surface area (Å²) in [4.78, 5) is 2.48. The zero-order chi connectivity index (χ0) is 13.9. The maximum Gasteiger partial charge on any atom is 0.134 e. The highest BCUT2D eigenvalue weighted by Gasteiger charge is 2.25. The molecule has 0 amide bonds. The van der Waals surface area contributed by atoms with Crippen LogP contribution in [0.1, 0.15) is 38.0 Å². The Hall–Kier alpha value is -1.32. The van der Waals surface area contributed by atoms with Crippen LogP contribution in [-0.2, 0) is 0 Å². The number of hydrogen-bond acceptors (Lipinski definition) is 3. The van der Waals surface area contributed by atoms with Gasteiger partial charge in [0.25, 0.3) is 0 Å². The number of furan rings is 1. The van der Waals surface area contributed by atoms with E-state index in [0.29, 0.717) is 0 Å². The molecule has 0 aliphatic heterocycles. The van der Waals surface area contributed by atoms with E-state index in [1.54, 1.807) is 0 Å². The summed E-state index contributed by atoms with van der Waals surface area (Å²) < 4.78 is 6.03. The van der Waals surface area contributed by atoms with Gasteiger partial charge in [-0.05, 0) is 38.6 Å². The molecule has 1 saturated carbocycles. The Labute approximate surface area is 120 Å². The van der Waals surface area contributed by atoms with Crippen molar-refractivity contribution in [1.29, 1.82) is 0 Å². The quantitative estimate of drug-likeness (QED) is 0.871. The lowest BCUT2D eigenvalue weighted by Crippen LogP contribution is -2.42. The number of para-hydroxylation sites is 1. The summed E-state index contributed by atoms with van der Waals surface area (Å²) in [6.45, 7) is 4.12. The maximum absolute atomic E-state index is 6.03. The highest BCUT2D eigenvalue weighted by Crippen LogP contribution is 2.28. The topological polar surface area (TPSA) is 28.4 Å². The molecule has 0 radical (unpaired) electrons. The molecule has 3 nitrogen and oxygen atoms in total. The Morgan fingerprint density at radius 3 is 2.80 bits per heavy atom. The van der Waals surface area contributed by atoms with Gasteiger partial charge in [-0.1, -0.05) is 31.5 Å². The molecule has 2 aromatic rings. The smallest absolute Gasteiger partial charge is 0.134 e. The van der Waals surface area contributed by atoms with Crippen molar-refractivity contribution in [2.45, 2.75) is 38.3 Å². The maximum atomic E-state index is 6.03. The van der Waals surface area contributed by atoms with Crippen LogP contribution in [0.5, 0.6) is 0 Å². The fourth-order valence-corrected chi connectivity index (χ4v) is 2.94. The number of fused-ring (bicyclic) bond motifs is 1. The molecule has 1 fully saturated rings. The Morgan fingerprint density at radius 1 is 1.35 bits per heavy atom. The van der Waals surface area contributed by atoms with Crippen LogP contribution in [0.15, 0.2) is 34.7 Å². The van der Waals surface area contributed by atoms with Crippen LogP contribution in [0, 0.1) is 0 Å². The molecule has 108 valence electrons. The second kappa shape index (κ2) is 5.98. The first-order valence-electron chi connectivity index (χ1n) is 7.70. The van der Waals surface area contributed by atoms with Crippen molar-refractivity contribution < 1.29 is 4.42 Å². The van der Waals surface area contributed by atoms with E-state index in [1.807, 2.05) is 12.1 Å². The first kappa shape index (κ1) is 13.7. The molecule has 0 bridgehead atoms. The average Bonchev–Trinajstić information content (AvgIpc) is 2.79. The van der Waals surface area contributed by atoms with E-state index in [2.05, 4.69) is 42.4 Å². The second-order valence-corrected chi connectivity index (χ2v) is 5.82. The van der Waals surface area contributed by atoms with E-state index in [4.69, 9.17) is 4.42 Å². The molecule has 3 rings (SSSR count). The third-order valence-corrected chi connectivity index (χ3v) is 4.41. The van der Waals surface area contributed by atoms with Gasteiger partial charge in [-0.2, -0.15) is 0 Å². The van der Waals surface area contributed by atoms with Crippen molar-refractivity contribution in [1.82, 2.24) is 10.2 Å². The fraction of sp³-hybridized carbons (Fsp3) is 0.529. The van der Waals surface area contributed by atoms with Crippen molar-refractivity contribution in [2.75, 3.05) is 20.1 Å². The third kappa shape index (κ3) is 2.74. The van der Waals surface area contributed by atoms with Gasteiger partial charge in [0.15, 0.2) is 0 Å². The summed E-state index contributed by atoms with van der Waals surface area (Å²) >= 11 is 0. The minimum absolute atomic E-state index is 0.276. The lowest BCUT2D eigenvalue weighted by Gasteiger charge is -2.36. The summed E-state index contributed by atoms with van der Waals surface area (Å²) in [5, 5.41) is 4.75. The zero-order valence-corrected chi connectivity index (χ0v) is 12.4. The lowest BCUT2D eigenvalue weighted by atomic mass is 9.91. The Balaban J connectivity index is 1.77. The van der Waals surface area contributed by atoms with E-state index in [9.17, 15) is 0 Å². The molecule has 20 heavy (non-hydrogen) atoms. The monoisotopic (exact) mass is 272 g/mol. The number of nitrogens with zero attached hydrogens (tertiary/aromatic N) is 1. The average molecular weight is 272 g/mol. The summed E-state index contributed by atoms with van der Waals surface area (Å²) in [5.41, 5.74) is 0.983. The predicted octanol–water partition coefficient (Wildman–Crippen LogP) is 3.57. The van der Waals surface area contributed by atoms with Crippen LogP contribution in [0.3, 0.4) is 0 Å². The zero-order valence-electron chi connectivity index (χ0n) is 12.4. The highest BCUT2D eigenvalue weighted by atomic mass is 16.3. The summed E-state index contributed by atoms with van der Waals surface area (Å²) in [7, 11) is 2.23. The largest absolute Gasteiger partial charge is 0.459 e. The van der Waals surface area contributed by atoms with Crippen LogP contribution in [-0.4, -0.2) is 31.1 Å². The number of nitrogens with one attached hydrogen (secondary N) is 1. The van der Waals surface area contributed by atoms with Gasteiger partial charge >= 0.3 is 0 Å². The lowest BCUT2D eigenvalue weighted by molar-refractivity contribution is 0.141. The van der Waals surface area contributed by atoms with Crippen molar-refractivity contribution in [3.8, 4) is 0 Å². The van der Waals surface area contributed by atoms with E-state index in [0.717, 1.165) is 30.5 Å². The van der Waals surface area contributed by atoms with Gasteiger partial charge in [0.05, 0.1) is 6.04 Å². The molecule has 1 aromatic heterocycles. The van der Waals surface area contributed by atoms with Gasteiger partial charge in [0, 0.05) is 18.0 Å². The molecule has 1 N–H and O–H groups in total. The first-order valence-corrected chi connectivity index (χ1v) is 7.70. The van der Waals surface area contributed by atoms with Crippen LogP contribution >= 0.6 is 0 Å². The molecule has 1 heterocycles. The van der Waals surface area contributed by atoms with Crippen molar-refractivity contribution in [3.05, 3.63) is 36.1 Å². The number of benzene rings is 1. The van der Waals surface area contributed by atoms with Gasteiger partial charge in [-0.25, -0.2) is 0 Å². The van der Waals surface area contributed by atoms with Gasteiger partial charge in [-0.3, -0.25) is 0 Å². The van der Waals surface area contributed by atoms with E-state index < -0.39 is 0 Å². The Bertz CT molecular complexity index is 526. The highest BCUT2D eigenvalue weighted by molar-refractivity contribution is 5.77. The third-order valence-electron chi connectivity index (χ3n) is 4.41. The van der Waals surface area contributed by atoms with Crippen LogP contribution in [0.25, 0.3) is 11.0 Å². The molecule has 1 aromatic carbocycles. The molecular weight excluding hydrogens is 248 g/mol. The number of hydrogen-bond donors (Lipinski definition) is 1. The van der Waals surface area contributed by atoms with E-state index in [-0.39, 0.29) is 6.04 Å². The minimum atomic E-state index is 0.276. The van der Waals surface area contributed by atoms with Gasteiger partial charge in [0.2, 0.25) is 0 Å². The SMILES string of the molecule is CCNC(CN(C)C1CCC1)c1cc2ccccc2o1. The molecule has 0 spiro atoms. The minimum Gasteiger partial charge on any atom is -0.459 e. The standard InChI is InChI=1S/C17H24N2O/c1-3-18-15(12-19(2)14-8-6-9-14)17-11-13-7-4-5-10-16(13)20-17/h4-5,7,10-11,14-15,18H,3,6,8-9,12H2,1-2H3. The molecule has 1 aliphatic carbocycles. The molecule has 1 aliphatic rings. The van der Waals surface area contributed by atoms with Crippen molar-refractivity contribution >= 4 is 11.0 Å². The normalized spacial score (nSPS) is 17.6. The van der Waals surface area contributed by atoms with Crippen LogP contribution in [0.2, 0.25) is 0 Å². The summed E-state index contributed by atoms with van der Waals surface area (Å²) in [5.74, 6) is 1.05. The number of likely N-dealkylation sites (N-methyl/N-ethyl adjacent to an activating group) is 2. The van der Waals surface area contributed by atoms with Crippen molar-refractivity contribution in [3.63, 3.8) is 0 Å². The van der Waals surface area contributed by atoms with E-state index >= 15 is 0 Å². The Kier molecular flexibility index (Phi) is 4.08. The molecular formula is C17H24N2O. The summed E-state index contributed by atoms with van der Waals surface area (Å²) in [6, 6.07) is 11.5. The molecule has 1 unspecified atom stereocenters. The van der Waals surface area contributed by atoms with Crippen LogP contribution in [0.4, 0.5) is 0 Å². The predicted molar refractivity (Wildman–Crippen MR) is 82.9 cm³/mol. The first-order chi connectivity index (χ1) is 9.78. The van der Waals surface area contributed by atoms with Crippen LogP contribution < -0.4 is 5.32 Å². The Morgan fingerprint density at radius 2 is 2.15 bits per heavy atom. The molecule has 3 heteroatoms. The van der Waals surface area contributed by atoms with E-state index in [1.165, 1.54) is 24.6 Å². The summed E-state index contributed by atoms with van der Waals surface area (Å²) in [6.07, 6.45) is 4.07. The van der Waals surface area contributed by atoms with Gasteiger partial charge < -0.3 is 14.6 Å². The fourth-order valence-electron chi connectivity index (χ4n) is 2.94. The van der Waals surface area contributed by atoms with Gasteiger partial charge in [-0.15, -0.1) is 0 Å². The molecule has 1 atom stereocenters. The molecule has 0 saturated heterocycles. The van der Waals surface area contributed by atoms with Gasteiger partial charge in [0.1, 0.15) is 11.3 Å². The second-order valence-electron chi connectivity index (χ2n) is 5.82. The number of rotatable bonds is 6. The van der Waals surface area contributed by atoms with Crippen molar-refractivity contribution in [2.24, 2.45) is 0 Å².